The van der Waals surface area contributed by atoms with Gasteiger partial charge in [0, 0.05) is 5.41 Å². The standard InChI is InChI=1S/C11H16O/c1-2-11(12)9-8-10(11)6-4-3-5-7-10/h1,12H,3-9H2. The lowest BCUT2D eigenvalue weighted by Crippen LogP contribution is -2.57. The molecule has 1 atom stereocenters. The molecule has 12 heavy (non-hydrogen) atoms. The molecule has 1 spiro atoms. The van der Waals surface area contributed by atoms with Crippen LogP contribution in [0.4, 0.5) is 0 Å². The highest BCUT2D eigenvalue weighted by Crippen LogP contribution is 2.57. The molecule has 2 saturated carbocycles. The molecule has 0 aromatic heterocycles. The first-order valence-electron chi connectivity index (χ1n) is 4.93. The molecule has 0 aromatic rings. The van der Waals surface area contributed by atoms with Crippen molar-refractivity contribution in [3.8, 4) is 12.3 Å². The van der Waals surface area contributed by atoms with Gasteiger partial charge >= 0.3 is 0 Å². The van der Waals surface area contributed by atoms with Crippen molar-refractivity contribution in [1.82, 2.24) is 0 Å². The van der Waals surface area contributed by atoms with Crippen molar-refractivity contribution >= 4 is 0 Å². The van der Waals surface area contributed by atoms with Crippen LogP contribution in [0.2, 0.25) is 0 Å². The summed E-state index contributed by atoms with van der Waals surface area (Å²) in [6.07, 6.45) is 13.5. The molecule has 0 radical (unpaired) electrons. The summed E-state index contributed by atoms with van der Waals surface area (Å²) in [5.74, 6) is 2.59. The van der Waals surface area contributed by atoms with Crippen molar-refractivity contribution in [2.75, 3.05) is 0 Å². The topological polar surface area (TPSA) is 20.2 Å². The summed E-state index contributed by atoms with van der Waals surface area (Å²) in [5, 5.41) is 10.1. The van der Waals surface area contributed by atoms with Gasteiger partial charge in [0.05, 0.1) is 0 Å². The number of rotatable bonds is 0. The molecule has 2 aliphatic rings. The maximum absolute atomic E-state index is 10.1. The van der Waals surface area contributed by atoms with Gasteiger partial charge in [-0.1, -0.05) is 25.2 Å². The van der Waals surface area contributed by atoms with E-state index >= 15 is 0 Å². The monoisotopic (exact) mass is 164 g/mol. The van der Waals surface area contributed by atoms with Gasteiger partial charge in [-0.25, -0.2) is 0 Å². The molecule has 1 heteroatoms. The third-order valence-corrected chi connectivity index (χ3v) is 3.89. The van der Waals surface area contributed by atoms with Gasteiger partial charge in [-0.05, 0) is 25.7 Å². The molecular weight excluding hydrogens is 148 g/mol. The molecule has 1 unspecified atom stereocenters. The zero-order chi connectivity index (χ0) is 8.66. The number of aliphatic hydroxyl groups is 1. The Hall–Kier alpha value is -0.480. The van der Waals surface area contributed by atoms with Crippen LogP contribution in [0.25, 0.3) is 0 Å². The first-order chi connectivity index (χ1) is 5.72. The van der Waals surface area contributed by atoms with E-state index in [1.165, 1.54) is 19.3 Å². The summed E-state index contributed by atoms with van der Waals surface area (Å²) in [5.41, 5.74) is -0.618. The third kappa shape index (κ3) is 0.850. The average molecular weight is 164 g/mol. The van der Waals surface area contributed by atoms with Crippen molar-refractivity contribution in [2.45, 2.75) is 50.5 Å². The van der Waals surface area contributed by atoms with Gasteiger partial charge in [-0.3, -0.25) is 0 Å². The molecule has 0 saturated heterocycles. The van der Waals surface area contributed by atoms with Crippen LogP contribution in [0.1, 0.15) is 44.9 Å². The fourth-order valence-corrected chi connectivity index (χ4v) is 2.83. The van der Waals surface area contributed by atoms with Crippen molar-refractivity contribution in [3.63, 3.8) is 0 Å². The first-order valence-corrected chi connectivity index (χ1v) is 4.93. The smallest absolute Gasteiger partial charge is 0.130 e. The summed E-state index contributed by atoms with van der Waals surface area (Å²) in [6, 6.07) is 0. The predicted molar refractivity (Wildman–Crippen MR) is 48.5 cm³/mol. The van der Waals surface area contributed by atoms with E-state index < -0.39 is 5.60 Å². The van der Waals surface area contributed by atoms with Crippen molar-refractivity contribution in [2.24, 2.45) is 5.41 Å². The van der Waals surface area contributed by atoms with Crippen LogP contribution in [0, 0.1) is 17.8 Å². The molecule has 2 rings (SSSR count). The van der Waals surface area contributed by atoms with Crippen LogP contribution in [0.3, 0.4) is 0 Å². The van der Waals surface area contributed by atoms with Gasteiger partial charge < -0.3 is 5.11 Å². The summed E-state index contributed by atoms with van der Waals surface area (Å²) in [6.45, 7) is 0. The Balaban J connectivity index is 2.16. The first kappa shape index (κ1) is 8.13. The van der Waals surface area contributed by atoms with E-state index in [1.807, 2.05) is 0 Å². The maximum atomic E-state index is 10.1. The second-order valence-electron chi connectivity index (χ2n) is 4.35. The van der Waals surface area contributed by atoms with E-state index in [1.54, 1.807) is 0 Å². The Morgan fingerprint density at radius 1 is 1.00 bits per heavy atom. The van der Waals surface area contributed by atoms with E-state index in [2.05, 4.69) is 5.92 Å². The average Bonchev–Trinajstić information content (AvgIpc) is 2.16. The number of terminal acetylenes is 1. The van der Waals surface area contributed by atoms with Gasteiger partial charge in [0.2, 0.25) is 0 Å². The Bertz CT molecular complexity index is 220. The number of hydrogen-bond acceptors (Lipinski definition) is 1. The van der Waals surface area contributed by atoms with Gasteiger partial charge in [0.15, 0.2) is 0 Å². The molecule has 1 nitrogen and oxygen atoms in total. The minimum absolute atomic E-state index is 0.125. The summed E-state index contributed by atoms with van der Waals surface area (Å²) >= 11 is 0. The fourth-order valence-electron chi connectivity index (χ4n) is 2.83. The summed E-state index contributed by atoms with van der Waals surface area (Å²) in [4.78, 5) is 0. The molecule has 0 aromatic carbocycles. The maximum Gasteiger partial charge on any atom is 0.130 e. The molecule has 0 amide bonds. The third-order valence-electron chi connectivity index (χ3n) is 3.89. The van der Waals surface area contributed by atoms with Crippen LogP contribution >= 0.6 is 0 Å². The summed E-state index contributed by atoms with van der Waals surface area (Å²) < 4.78 is 0. The fraction of sp³-hybridized carbons (Fsp3) is 0.818. The van der Waals surface area contributed by atoms with Gasteiger partial charge in [-0.2, -0.15) is 0 Å². The van der Waals surface area contributed by atoms with Gasteiger partial charge in [0.25, 0.3) is 0 Å². The van der Waals surface area contributed by atoms with E-state index in [9.17, 15) is 5.11 Å². The highest BCUT2D eigenvalue weighted by Gasteiger charge is 2.56. The van der Waals surface area contributed by atoms with Crippen molar-refractivity contribution in [1.29, 1.82) is 0 Å². The van der Waals surface area contributed by atoms with Crippen LogP contribution in [-0.2, 0) is 0 Å². The van der Waals surface area contributed by atoms with E-state index in [0.29, 0.717) is 0 Å². The quantitative estimate of drug-likeness (QED) is 0.543. The van der Waals surface area contributed by atoms with Crippen molar-refractivity contribution in [3.05, 3.63) is 0 Å². The Kier molecular flexibility index (Phi) is 1.70. The zero-order valence-electron chi connectivity index (χ0n) is 7.47. The highest BCUT2D eigenvalue weighted by molar-refractivity contribution is 5.23. The highest BCUT2D eigenvalue weighted by atomic mass is 16.3. The van der Waals surface area contributed by atoms with E-state index in [-0.39, 0.29) is 5.41 Å². The Labute approximate surface area is 74.2 Å². The minimum Gasteiger partial charge on any atom is -0.377 e. The second kappa shape index (κ2) is 2.50. The largest absolute Gasteiger partial charge is 0.377 e. The predicted octanol–water partition coefficient (Wildman–Crippen LogP) is 2.09. The molecular formula is C11H16O. The Morgan fingerprint density at radius 3 is 2.08 bits per heavy atom. The second-order valence-corrected chi connectivity index (χ2v) is 4.35. The molecule has 0 heterocycles. The molecule has 2 fully saturated rings. The SMILES string of the molecule is C#CC1(O)CCC12CCCCC2. The minimum atomic E-state index is -0.743. The zero-order valence-corrected chi connectivity index (χ0v) is 7.47. The Morgan fingerprint density at radius 2 is 1.67 bits per heavy atom. The van der Waals surface area contributed by atoms with Crippen LogP contribution in [0.5, 0.6) is 0 Å². The van der Waals surface area contributed by atoms with Crippen LogP contribution in [-0.4, -0.2) is 10.7 Å². The lowest BCUT2D eigenvalue weighted by Gasteiger charge is -2.55. The molecule has 1 N–H and O–H groups in total. The van der Waals surface area contributed by atoms with E-state index in [4.69, 9.17) is 6.42 Å². The van der Waals surface area contributed by atoms with Gasteiger partial charge in [-0.15, -0.1) is 6.42 Å². The molecule has 66 valence electrons. The molecule has 2 aliphatic carbocycles. The van der Waals surface area contributed by atoms with Crippen LogP contribution < -0.4 is 0 Å². The molecule has 0 aliphatic heterocycles. The lowest BCUT2D eigenvalue weighted by atomic mass is 9.51. The van der Waals surface area contributed by atoms with Gasteiger partial charge in [0.1, 0.15) is 5.60 Å². The normalized spacial score (nSPS) is 38.7. The van der Waals surface area contributed by atoms with Crippen molar-refractivity contribution < 1.29 is 5.11 Å². The lowest BCUT2D eigenvalue weighted by molar-refractivity contribution is -0.141. The molecule has 0 bridgehead atoms. The number of hydrogen-bond donors (Lipinski definition) is 1. The summed E-state index contributed by atoms with van der Waals surface area (Å²) in [7, 11) is 0. The van der Waals surface area contributed by atoms with E-state index in [0.717, 1.165) is 25.7 Å². The van der Waals surface area contributed by atoms with Crippen LogP contribution in [0.15, 0.2) is 0 Å².